The summed E-state index contributed by atoms with van der Waals surface area (Å²) in [5.74, 6) is -0.547. The molecule has 0 atom stereocenters. The summed E-state index contributed by atoms with van der Waals surface area (Å²) in [6, 6.07) is 0. The summed E-state index contributed by atoms with van der Waals surface area (Å²) >= 11 is 0. The monoisotopic (exact) mass is 255 g/mol. The first-order chi connectivity index (χ1) is 8.61. The maximum Gasteiger partial charge on any atom is 0.322 e. The van der Waals surface area contributed by atoms with Gasteiger partial charge in [0, 0.05) is 6.54 Å². The molecule has 0 aliphatic rings. The Bertz CT molecular complexity index is 429. The summed E-state index contributed by atoms with van der Waals surface area (Å²) in [5.41, 5.74) is 5.27. The van der Waals surface area contributed by atoms with Gasteiger partial charge in [0.1, 0.15) is 5.69 Å². The topological polar surface area (TPSA) is 127 Å². The lowest BCUT2D eigenvalue weighted by Crippen LogP contribution is -2.26. The van der Waals surface area contributed by atoms with Gasteiger partial charge < -0.3 is 11.1 Å². The number of hydrogen-bond acceptors (Lipinski definition) is 5. The molecule has 0 saturated carbocycles. The SMILES string of the molecule is CCCc1[nH]nc(C(=O)NCCCN)c1[N+](=O)[O-]. The van der Waals surface area contributed by atoms with Gasteiger partial charge in [-0.1, -0.05) is 13.3 Å². The molecule has 0 aliphatic heterocycles. The molecule has 1 rings (SSSR count). The van der Waals surface area contributed by atoms with Crippen molar-refractivity contribution in [2.24, 2.45) is 5.73 Å². The van der Waals surface area contributed by atoms with Crippen molar-refractivity contribution in [3.63, 3.8) is 0 Å². The molecule has 0 fully saturated rings. The van der Waals surface area contributed by atoms with Gasteiger partial charge in [0.05, 0.1) is 4.92 Å². The highest BCUT2D eigenvalue weighted by atomic mass is 16.6. The second kappa shape index (κ2) is 6.70. The molecule has 100 valence electrons. The number of carbonyl (C=O) groups excluding carboxylic acids is 1. The number of nitrogens with zero attached hydrogens (tertiary/aromatic N) is 2. The Morgan fingerprint density at radius 1 is 1.61 bits per heavy atom. The second-order valence-electron chi connectivity index (χ2n) is 3.80. The third-order valence-corrected chi connectivity index (χ3v) is 2.38. The van der Waals surface area contributed by atoms with Crippen LogP contribution in [0.25, 0.3) is 0 Å². The van der Waals surface area contributed by atoms with Gasteiger partial charge in [-0.05, 0) is 19.4 Å². The van der Waals surface area contributed by atoms with E-state index in [0.717, 1.165) is 6.42 Å². The number of aryl methyl sites for hydroxylation is 1. The molecule has 1 aromatic heterocycles. The summed E-state index contributed by atoms with van der Waals surface area (Å²) in [6.45, 7) is 2.72. The molecule has 1 heterocycles. The lowest BCUT2D eigenvalue weighted by molar-refractivity contribution is -0.385. The molecule has 0 unspecified atom stereocenters. The minimum absolute atomic E-state index is 0.166. The maximum atomic E-state index is 11.7. The van der Waals surface area contributed by atoms with Crippen molar-refractivity contribution in [1.29, 1.82) is 0 Å². The first-order valence-electron chi connectivity index (χ1n) is 5.81. The van der Waals surface area contributed by atoms with Crippen LogP contribution in [0.3, 0.4) is 0 Å². The Morgan fingerprint density at radius 3 is 2.89 bits per heavy atom. The van der Waals surface area contributed by atoms with Crippen LogP contribution in [0.1, 0.15) is 35.9 Å². The standard InChI is InChI=1S/C10H17N5O3/c1-2-4-7-9(15(17)18)8(14-13-7)10(16)12-6-3-5-11/h2-6,11H2,1H3,(H,12,16)(H,13,14). The predicted molar refractivity (Wildman–Crippen MR) is 65.2 cm³/mol. The number of H-pyrrole nitrogens is 1. The van der Waals surface area contributed by atoms with Crippen molar-refractivity contribution in [2.75, 3.05) is 13.1 Å². The van der Waals surface area contributed by atoms with Crippen LogP contribution in [0, 0.1) is 10.1 Å². The van der Waals surface area contributed by atoms with Crippen LogP contribution in [0.4, 0.5) is 5.69 Å². The van der Waals surface area contributed by atoms with Gasteiger partial charge in [0.2, 0.25) is 5.69 Å². The van der Waals surface area contributed by atoms with Gasteiger partial charge in [-0.15, -0.1) is 0 Å². The summed E-state index contributed by atoms with van der Waals surface area (Å²) < 4.78 is 0. The molecular weight excluding hydrogens is 238 g/mol. The molecular formula is C10H17N5O3. The molecule has 8 heteroatoms. The molecule has 0 aromatic carbocycles. The van der Waals surface area contributed by atoms with E-state index in [2.05, 4.69) is 15.5 Å². The molecule has 0 saturated heterocycles. The zero-order chi connectivity index (χ0) is 13.5. The van der Waals surface area contributed by atoms with E-state index in [9.17, 15) is 14.9 Å². The van der Waals surface area contributed by atoms with Crippen LogP contribution in [0.15, 0.2) is 0 Å². The van der Waals surface area contributed by atoms with E-state index in [0.29, 0.717) is 31.6 Å². The van der Waals surface area contributed by atoms with Crippen molar-refractivity contribution in [3.05, 3.63) is 21.5 Å². The second-order valence-corrected chi connectivity index (χ2v) is 3.80. The van der Waals surface area contributed by atoms with E-state index in [1.165, 1.54) is 0 Å². The van der Waals surface area contributed by atoms with Gasteiger partial charge in [-0.3, -0.25) is 20.0 Å². The average Bonchev–Trinajstić information content (AvgIpc) is 2.73. The van der Waals surface area contributed by atoms with Crippen molar-refractivity contribution >= 4 is 11.6 Å². The Kier molecular flexibility index (Phi) is 5.25. The van der Waals surface area contributed by atoms with E-state index < -0.39 is 10.8 Å². The molecule has 18 heavy (non-hydrogen) atoms. The largest absolute Gasteiger partial charge is 0.350 e. The highest BCUT2D eigenvalue weighted by Gasteiger charge is 2.28. The number of nitro groups is 1. The van der Waals surface area contributed by atoms with Gasteiger partial charge >= 0.3 is 5.69 Å². The molecule has 4 N–H and O–H groups in total. The molecule has 1 amide bonds. The zero-order valence-electron chi connectivity index (χ0n) is 10.2. The number of amides is 1. The fraction of sp³-hybridized carbons (Fsp3) is 0.600. The van der Waals surface area contributed by atoms with Gasteiger partial charge in [0.15, 0.2) is 0 Å². The zero-order valence-corrected chi connectivity index (χ0v) is 10.2. The maximum absolute atomic E-state index is 11.7. The fourth-order valence-corrected chi connectivity index (χ4v) is 1.54. The lowest BCUT2D eigenvalue weighted by atomic mass is 10.2. The van der Waals surface area contributed by atoms with Crippen molar-refractivity contribution < 1.29 is 9.72 Å². The quantitative estimate of drug-likeness (QED) is 0.368. The average molecular weight is 255 g/mol. The van der Waals surface area contributed by atoms with E-state index >= 15 is 0 Å². The molecule has 0 spiro atoms. The Balaban J connectivity index is 2.87. The van der Waals surface area contributed by atoms with E-state index in [1.54, 1.807) is 0 Å². The lowest BCUT2D eigenvalue weighted by Gasteiger charge is -2.01. The number of aromatic amines is 1. The highest BCUT2D eigenvalue weighted by Crippen LogP contribution is 2.22. The molecule has 1 aromatic rings. The number of aromatic nitrogens is 2. The summed E-state index contributed by atoms with van der Waals surface area (Å²) in [5, 5.41) is 19.8. The minimum Gasteiger partial charge on any atom is -0.350 e. The van der Waals surface area contributed by atoms with Crippen molar-refractivity contribution in [3.8, 4) is 0 Å². The van der Waals surface area contributed by atoms with Gasteiger partial charge in [0.25, 0.3) is 5.91 Å². The number of carbonyl (C=O) groups is 1. The molecule has 8 nitrogen and oxygen atoms in total. The Labute approximate surface area is 104 Å². The van der Waals surface area contributed by atoms with Crippen LogP contribution in [-0.4, -0.2) is 34.1 Å². The number of rotatable bonds is 7. The van der Waals surface area contributed by atoms with E-state index in [4.69, 9.17) is 5.73 Å². The summed E-state index contributed by atoms with van der Waals surface area (Å²) in [6.07, 6.45) is 1.84. The number of nitrogens with two attached hydrogens (primary N) is 1. The normalized spacial score (nSPS) is 10.3. The summed E-state index contributed by atoms with van der Waals surface area (Å²) in [4.78, 5) is 22.1. The van der Waals surface area contributed by atoms with Gasteiger partial charge in [-0.2, -0.15) is 5.10 Å². The Morgan fingerprint density at radius 2 is 2.33 bits per heavy atom. The molecule has 0 bridgehead atoms. The third-order valence-electron chi connectivity index (χ3n) is 2.38. The van der Waals surface area contributed by atoms with E-state index in [-0.39, 0.29) is 11.4 Å². The first-order valence-corrected chi connectivity index (χ1v) is 5.81. The molecule has 0 aliphatic carbocycles. The highest BCUT2D eigenvalue weighted by molar-refractivity contribution is 5.96. The number of nitrogens with one attached hydrogen (secondary N) is 2. The first kappa shape index (κ1) is 14.1. The molecule has 0 radical (unpaired) electrons. The van der Waals surface area contributed by atoms with Crippen molar-refractivity contribution in [2.45, 2.75) is 26.2 Å². The van der Waals surface area contributed by atoms with Crippen LogP contribution in [-0.2, 0) is 6.42 Å². The van der Waals surface area contributed by atoms with Crippen LogP contribution in [0.2, 0.25) is 0 Å². The fourth-order valence-electron chi connectivity index (χ4n) is 1.54. The smallest absolute Gasteiger partial charge is 0.322 e. The summed E-state index contributed by atoms with van der Waals surface area (Å²) in [7, 11) is 0. The van der Waals surface area contributed by atoms with Crippen LogP contribution in [0.5, 0.6) is 0 Å². The van der Waals surface area contributed by atoms with E-state index in [1.807, 2.05) is 6.92 Å². The Hall–Kier alpha value is -1.96. The predicted octanol–water partition coefficient (Wildman–Crippen LogP) is 0.349. The number of hydrogen-bond donors (Lipinski definition) is 3. The third kappa shape index (κ3) is 3.27. The minimum atomic E-state index is -0.577. The van der Waals surface area contributed by atoms with Gasteiger partial charge in [-0.25, -0.2) is 0 Å². The van der Waals surface area contributed by atoms with Crippen molar-refractivity contribution in [1.82, 2.24) is 15.5 Å². The van der Waals surface area contributed by atoms with Crippen LogP contribution < -0.4 is 11.1 Å². The van der Waals surface area contributed by atoms with Crippen LogP contribution >= 0.6 is 0 Å².